The average molecular weight is 439 g/mol. The summed E-state index contributed by atoms with van der Waals surface area (Å²) in [6, 6.07) is 18.3. The molecule has 0 spiro atoms. The Morgan fingerprint density at radius 2 is 1.68 bits per heavy atom. The number of anilines is 3. The van der Waals surface area contributed by atoms with Crippen LogP contribution in [0.5, 0.6) is 0 Å². The number of nitrogens with zero attached hydrogens (tertiary/aromatic N) is 1. The van der Waals surface area contributed by atoms with E-state index in [2.05, 4.69) is 21.2 Å². The van der Waals surface area contributed by atoms with Gasteiger partial charge < -0.3 is 10.6 Å². The molecule has 3 rings (SSSR count). The second-order valence-corrected chi connectivity index (χ2v) is 6.94. The predicted molar refractivity (Wildman–Crippen MR) is 121 cm³/mol. The van der Waals surface area contributed by atoms with Crippen LogP contribution < -0.4 is 16.1 Å². The van der Waals surface area contributed by atoms with E-state index in [4.69, 9.17) is 11.6 Å². The van der Waals surface area contributed by atoms with Crippen molar-refractivity contribution in [3.05, 3.63) is 88.7 Å². The number of rotatable bonds is 6. The Morgan fingerprint density at radius 3 is 2.42 bits per heavy atom. The van der Waals surface area contributed by atoms with E-state index in [-0.39, 0.29) is 5.69 Å². The highest BCUT2D eigenvalue weighted by molar-refractivity contribution is 6.39. The molecule has 0 radical (unpaired) electrons. The molecule has 31 heavy (non-hydrogen) atoms. The standard InChI is InChI=1S/C23H20ClFN4O2/c1-2-15-7-3-5-9-19(15)28-22(30)23(31)29-26-14-16-13-17(24)11-12-20(16)27-21-10-6-4-8-18(21)25/h3-14,27H,2H2,1H3,(H,28,30)(H,29,31)/b26-14-. The number of nitrogens with one attached hydrogen (secondary N) is 3. The maximum atomic E-state index is 13.9. The Morgan fingerprint density at radius 1 is 0.968 bits per heavy atom. The molecule has 0 atom stereocenters. The van der Waals surface area contributed by atoms with Gasteiger partial charge in [-0.15, -0.1) is 0 Å². The number of aryl methyl sites for hydroxylation is 1. The summed E-state index contributed by atoms with van der Waals surface area (Å²) < 4.78 is 13.9. The van der Waals surface area contributed by atoms with Crippen molar-refractivity contribution < 1.29 is 14.0 Å². The fraction of sp³-hybridized carbons (Fsp3) is 0.0870. The first-order valence-electron chi connectivity index (χ1n) is 9.51. The lowest BCUT2D eigenvalue weighted by molar-refractivity contribution is -0.136. The number of benzene rings is 3. The third-order valence-corrected chi connectivity index (χ3v) is 4.61. The Kier molecular flexibility index (Phi) is 7.35. The molecule has 0 fully saturated rings. The molecule has 3 N–H and O–H groups in total. The summed E-state index contributed by atoms with van der Waals surface area (Å²) in [5, 5.41) is 9.79. The van der Waals surface area contributed by atoms with Gasteiger partial charge in [0.1, 0.15) is 5.82 Å². The van der Waals surface area contributed by atoms with Crippen molar-refractivity contribution in [1.29, 1.82) is 0 Å². The minimum absolute atomic E-state index is 0.275. The minimum atomic E-state index is -0.923. The lowest BCUT2D eigenvalue weighted by Crippen LogP contribution is -2.32. The Hall–Kier alpha value is -3.71. The molecule has 6 nitrogen and oxygen atoms in total. The highest BCUT2D eigenvalue weighted by atomic mass is 35.5. The van der Waals surface area contributed by atoms with E-state index in [1.54, 1.807) is 48.5 Å². The molecule has 0 saturated carbocycles. The van der Waals surface area contributed by atoms with Gasteiger partial charge in [0.15, 0.2) is 0 Å². The van der Waals surface area contributed by atoms with Crippen LogP contribution in [0.3, 0.4) is 0 Å². The van der Waals surface area contributed by atoms with Gasteiger partial charge in [0, 0.05) is 22.0 Å². The van der Waals surface area contributed by atoms with E-state index in [1.165, 1.54) is 12.3 Å². The third-order valence-electron chi connectivity index (χ3n) is 4.38. The average Bonchev–Trinajstić information content (AvgIpc) is 2.77. The maximum absolute atomic E-state index is 13.9. The fourth-order valence-corrected chi connectivity index (χ4v) is 2.98. The van der Waals surface area contributed by atoms with E-state index >= 15 is 0 Å². The zero-order chi connectivity index (χ0) is 22.2. The van der Waals surface area contributed by atoms with Crippen molar-refractivity contribution in [2.24, 2.45) is 5.10 Å². The van der Waals surface area contributed by atoms with Gasteiger partial charge in [-0.1, -0.05) is 48.9 Å². The summed E-state index contributed by atoms with van der Waals surface area (Å²) in [6.07, 6.45) is 2.03. The SMILES string of the molecule is CCc1ccccc1NC(=O)C(=O)N/N=C\c1cc(Cl)ccc1Nc1ccccc1F. The molecule has 0 aromatic heterocycles. The summed E-state index contributed by atoms with van der Waals surface area (Å²) in [7, 11) is 0. The number of carbonyl (C=O) groups excluding carboxylic acids is 2. The Bertz CT molecular complexity index is 1130. The molecule has 158 valence electrons. The van der Waals surface area contributed by atoms with Crippen molar-refractivity contribution in [3.63, 3.8) is 0 Å². The van der Waals surface area contributed by atoms with Gasteiger partial charge in [0.2, 0.25) is 0 Å². The number of hydrogen-bond donors (Lipinski definition) is 3. The molecule has 3 aromatic rings. The molecule has 0 bridgehead atoms. The highest BCUT2D eigenvalue weighted by Crippen LogP contribution is 2.24. The number of carbonyl (C=O) groups is 2. The number of halogens is 2. The van der Waals surface area contributed by atoms with Crippen molar-refractivity contribution in [2.45, 2.75) is 13.3 Å². The topological polar surface area (TPSA) is 82.6 Å². The first-order valence-corrected chi connectivity index (χ1v) is 9.89. The van der Waals surface area contributed by atoms with Gasteiger partial charge in [-0.25, -0.2) is 9.82 Å². The van der Waals surface area contributed by atoms with Crippen LogP contribution in [0.25, 0.3) is 0 Å². The molecular weight excluding hydrogens is 419 g/mol. The van der Waals surface area contributed by atoms with Crippen molar-refractivity contribution in [1.82, 2.24) is 5.43 Å². The van der Waals surface area contributed by atoms with E-state index in [0.29, 0.717) is 28.4 Å². The normalized spacial score (nSPS) is 10.7. The molecule has 2 amide bonds. The van der Waals surface area contributed by atoms with Crippen LogP contribution in [0.1, 0.15) is 18.1 Å². The van der Waals surface area contributed by atoms with Crippen molar-refractivity contribution in [2.75, 3.05) is 10.6 Å². The molecular formula is C23H20ClFN4O2. The fourth-order valence-electron chi connectivity index (χ4n) is 2.80. The smallest absolute Gasteiger partial charge is 0.329 e. The van der Waals surface area contributed by atoms with E-state index in [9.17, 15) is 14.0 Å². The van der Waals surface area contributed by atoms with Gasteiger partial charge in [0.05, 0.1) is 11.9 Å². The lowest BCUT2D eigenvalue weighted by atomic mass is 10.1. The first kappa shape index (κ1) is 22.0. The van der Waals surface area contributed by atoms with Crippen LogP contribution >= 0.6 is 11.6 Å². The largest absolute Gasteiger partial charge is 0.353 e. The van der Waals surface area contributed by atoms with E-state index < -0.39 is 17.6 Å². The van der Waals surface area contributed by atoms with E-state index in [1.807, 2.05) is 19.1 Å². The predicted octanol–water partition coefficient (Wildman–Crippen LogP) is 4.87. The molecule has 0 heterocycles. The van der Waals surface area contributed by atoms with Gasteiger partial charge in [-0.2, -0.15) is 5.10 Å². The van der Waals surface area contributed by atoms with Crippen LogP contribution in [-0.2, 0) is 16.0 Å². The molecule has 0 aliphatic heterocycles. The summed E-state index contributed by atoms with van der Waals surface area (Å²) in [4.78, 5) is 24.2. The molecule has 8 heteroatoms. The Balaban J connectivity index is 1.69. The number of para-hydroxylation sites is 2. The Labute approximate surface area is 184 Å². The van der Waals surface area contributed by atoms with Crippen molar-refractivity contribution >= 4 is 46.7 Å². The first-order chi connectivity index (χ1) is 15.0. The second kappa shape index (κ2) is 10.4. The number of hydrazone groups is 1. The second-order valence-electron chi connectivity index (χ2n) is 6.50. The van der Waals surface area contributed by atoms with E-state index in [0.717, 1.165) is 5.56 Å². The highest BCUT2D eigenvalue weighted by Gasteiger charge is 2.14. The van der Waals surface area contributed by atoms with Crippen LogP contribution in [-0.4, -0.2) is 18.0 Å². The van der Waals surface area contributed by atoms with Crippen LogP contribution in [0.15, 0.2) is 71.8 Å². The van der Waals surface area contributed by atoms with Gasteiger partial charge in [-0.3, -0.25) is 9.59 Å². The summed E-state index contributed by atoms with van der Waals surface area (Å²) in [6.45, 7) is 1.95. The van der Waals surface area contributed by atoms with Crippen LogP contribution in [0.4, 0.5) is 21.5 Å². The summed E-state index contributed by atoms with van der Waals surface area (Å²) >= 11 is 6.05. The van der Waals surface area contributed by atoms with Gasteiger partial charge in [0.25, 0.3) is 0 Å². The maximum Gasteiger partial charge on any atom is 0.329 e. The minimum Gasteiger partial charge on any atom is -0.353 e. The quantitative estimate of drug-likeness (QED) is 0.291. The third kappa shape index (κ3) is 5.90. The monoisotopic (exact) mass is 438 g/mol. The van der Waals surface area contributed by atoms with Crippen LogP contribution in [0, 0.1) is 5.82 Å². The molecule has 3 aromatic carbocycles. The molecule has 0 saturated heterocycles. The molecule has 0 aliphatic rings. The van der Waals surface area contributed by atoms with Gasteiger partial charge in [-0.05, 0) is 48.4 Å². The van der Waals surface area contributed by atoms with Gasteiger partial charge >= 0.3 is 11.8 Å². The summed E-state index contributed by atoms with van der Waals surface area (Å²) in [5.41, 5.74) is 4.96. The molecule has 0 aliphatic carbocycles. The zero-order valence-corrected chi connectivity index (χ0v) is 17.4. The molecule has 0 unspecified atom stereocenters. The number of hydrogen-bond acceptors (Lipinski definition) is 4. The van der Waals surface area contributed by atoms with Crippen LogP contribution in [0.2, 0.25) is 5.02 Å². The van der Waals surface area contributed by atoms with Crippen molar-refractivity contribution in [3.8, 4) is 0 Å². The lowest BCUT2D eigenvalue weighted by Gasteiger charge is -2.11. The summed E-state index contributed by atoms with van der Waals surface area (Å²) in [5.74, 6) is -2.18. The number of amides is 2. The zero-order valence-electron chi connectivity index (χ0n) is 16.7.